The first-order valence-electron chi connectivity index (χ1n) is 11.4. The fourth-order valence-electron chi connectivity index (χ4n) is 5.70. The van der Waals surface area contributed by atoms with Crippen LogP contribution < -0.4 is 0 Å². The average molecular weight is 428 g/mol. The highest BCUT2D eigenvalue weighted by Gasteiger charge is 2.45. The van der Waals surface area contributed by atoms with Crippen molar-refractivity contribution < 1.29 is 19.4 Å². The Bertz CT molecular complexity index is 1260. The lowest BCUT2D eigenvalue weighted by atomic mass is 9.86. The van der Waals surface area contributed by atoms with Crippen LogP contribution in [0.25, 0.3) is 21.9 Å². The molecule has 32 heavy (non-hydrogen) atoms. The lowest BCUT2D eigenvalue weighted by molar-refractivity contribution is -0.141. The van der Waals surface area contributed by atoms with E-state index in [9.17, 15) is 14.7 Å². The first kappa shape index (κ1) is 19.4. The van der Waals surface area contributed by atoms with E-state index in [1.54, 1.807) is 4.90 Å². The number of likely N-dealkylation sites (tertiary alicyclic amines) is 1. The number of phenolic OH excluding ortho intramolecular Hbond substituents is 1. The number of carbonyl (C=O) groups is 2. The third-order valence-corrected chi connectivity index (χ3v) is 7.42. The van der Waals surface area contributed by atoms with Crippen LogP contribution in [0.1, 0.15) is 34.3 Å². The van der Waals surface area contributed by atoms with E-state index >= 15 is 0 Å². The maximum absolute atomic E-state index is 13.4. The fraction of sp³-hybridized carbons (Fsp3) is 0.333. The zero-order valence-electron chi connectivity index (χ0n) is 17.8. The molecule has 2 saturated heterocycles. The van der Waals surface area contributed by atoms with Crippen molar-refractivity contribution >= 4 is 22.6 Å². The zero-order chi connectivity index (χ0) is 21.8. The molecule has 2 aliphatic heterocycles. The van der Waals surface area contributed by atoms with Crippen LogP contribution in [-0.4, -0.2) is 41.6 Å². The highest BCUT2D eigenvalue weighted by Crippen LogP contribution is 2.41. The van der Waals surface area contributed by atoms with Crippen LogP contribution in [-0.2, 0) is 22.4 Å². The second kappa shape index (κ2) is 7.37. The van der Waals surface area contributed by atoms with Crippen LogP contribution in [0, 0.1) is 11.8 Å². The monoisotopic (exact) mass is 427 g/mol. The summed E-state index contributed by atoms with van der Waals surface area (Å²) in [4.78, 5) is 27.1. The molecule has 3 aromatic carbocycles. The SMILES string of the molecule is O=C1OC[C@H]2CN(C(=O)c3cccc4c(-c5ccc6c(c5O)CCCC6)cccc34)C[C@@H]12. The van der Waals surface area contributed by atoms with Crippen molar-refractivity contribution in [1.29, 1.82) is 0 Å². The van der Waals surface area contributed by atoms with Gasteiger partial charge in [0.15, 0.2) is 0 Å². The molecule has 0 spiro atoms. The third kappa shape index (κ3) is 2.91. The van der Waals surface area contributed by atoms with Gasteiger partial charge in [0, 0.05) is 30.1 Å². The van der Waals surface area contributed by atoms with Gasteiger partial charge in [0.05, 0.1) is 12.5 Å². The van der Waals surface area contributed by atoms with Gasteiger partial charge in [-0.25, -0.2) is 0 Å². The molecule has 5 nitrogen and oxygen atoms in total. The highest BCUT2D eigenvalue weighted by molar-refractivity contribution is 6.11. The molecule has 0 bridgehead atoms. The Hall–Kier alpha value is -3.34. The summed E-state index contributed by atoms with van der Waals surface area (Å²) in [5.41, 5.74) is 4.69. The highest BCUT2D eigenvalue weighted by atomic mass is 16.5. The summed E-state index contributed by atoms with van der Waals surface area (Å²) in [6, 6.07) is 15.8. The number of rotatable bonds is 2. The van der Waals surface area contributed by atoms with Crippen molar-refractivity contribution in [3.05, 3.63) is 65.2 Å². The number of fused-ring (bicyclic) bond motifs is 3. The summed E-state index contributed by atoms with van der Waals surface area (Å²) in [6.45, 7) is 1.38. The number of nitrogens with zero attached hydrogens (tertiary/aromatic N) is 1. The van der Waals surface area contributed by atoms with Gasteiger partial charge in [-0.3, -0.25) is 9.59 Å². The van der Waals surface area contributed by atoms with Gasteiger partial charge in [-0.1, -0.05) is 42.5 Å². The predicted molar refractivity (Wildman–Crippen MR) is 122 cm³/mol. The molecule has 6 rings (SSSR count). The number of phenols is 1. The van der Waals surface area contributed by atoms with Crippen molar-refractivity contribution in [2.45, 2.75) is 25.7 Å². The summed E-state index contributed by atoms with van der Waals surface area (Å²) < 4.78 is 5.14. The maximum Gasteiger partial charge on any atom is 0.311 e. The van der Waals surface area contributed by atoms with E-state index in [-0.39, 0.29) is 23.7 Å². The van der Waals surface area contributed by atoms with Crippen molar-refractivity contribution in [2.24, 2.45) is 11.8 Å². The number of aryl methyl sites for hydroxylation is 1. The van der Waals surface area contributed by atoms with Gasteiger partial charge in [-0.2, -0.15) is 0 Å². The van der Waals surface area contributed by atoms with E-state index in [4.69, 9.17) is 4.74 Å². The fourth-order valence-corrected chi connectivity index (χ4v) is 5.70. The number of esters is 1. The number of carbonyl (C=O) groups excluding carboxylic acids is 2. The van der Waals surface area contributed by atoms with Gasteiger partial charge in [0.2, 0.25) is 0 Å². The number of hydrogen-bond acceptors (Lipinski definition) is 4. The van der Waals surface area contributed by atoms with E-state index < -0.39 is 0 Å². The largest absolute Gasteiger partial charge is 0.507 e. The van der Waals surface area contributed by atoms with Gasteiger partial charge < -0.3 is 14.7 Å². The molecule has 2 atom stereocenters. The summed E-state index contributed by atoms with van der Waals surface area (Å²) >= 11 is 0. The summed E-state index contributed by atoms with van der Waals surface area (Å²) in [7, 11) is 0. The zero-order valence-corrected chi connectivity index (χ0v) is 17.8. The molecule has 0 saturated carbocycles. The second-order valence-corrected chi connectivity index (χ2v) is 9.22. The normalized spacial score (nSPS) is 22.0. The Morgan fingerprint density at radius 2 is 1.75 bits per heavy atom. The molecule has 5 heteroatoms. The van der Waals surface area contributed by atoms with E-state index in [1.165, 1.54) is 12.0 Å². The summed E-state index contributed by atoms with van der Waals surface area (Å²) in [5.74, 6) is 0.0386. The molecule has 0 unspecified atom stereocenters. The molecule has 0 radical (unpaired) electrons. The Morgan fingerprint density at radius 1 is 0.938 bits per heavy atom. The molecule has 162 valence electrons. The summed E-state index contributed by atoms with van der Waals surface area (Å²) in [5, 5.41) is 12.9. The Balaban J connectivity index is 1.41. The quantitative estimate of drug-likeness (QED) is 0.618. The van der Waals surface area contributed by atoms with Crippen molar-refractivity contribution in [2.75, 3.05) is 19.7 Å². The molecule has 3 aliphatic rings. The minimum Gasteiger partial charge on any atom is -0.507 e. The van der Waals surface area contributed by atoms with E-state index in [1.807, 2.05) is 42.5 Å². The molecule has 2 heterocycles. The first-order valence-corrected chi connectivity index (χ1v) is 11.4. The number of aromatic hydroxyl groups is 1. The van der Waals surface area contributed by atoms with Gasteiger partial charge in [0.1, 0.15) is 5.75 Å². The molecule has 2 fully saturated rings. The predicted octanol–water partition coefficient (Wildman–Crippen LogP) is 4.34. The van der Waals surface area contributed by atoms with Crippen molar-refractivity contribution in [3.8, 4) is 16.9 Å². The van der Waals surface area contributed by atoms with Gasteiger partial charge in [-0.15, -0.1) is 0 Å². The number of amides is 1. The standard InChI is InChI=1S/C27H25NO4/c29-25-18-6-2-1-5-16(18)11-12-22(25)20-8-3-9-21-19(20)7-4-10-23(21)26(30)28-13-17-15-32-27(31)24(17)14-28/h3-4,7-12,17,24,29H,1-2,5-6,13-15H2/t17-,24-/m1/s1. The number of benzene rings is 3. The molecule has 0 aromatic heterocycles. The topological polar surface area (TPSA) is 66.8 Å². The van der Waals surface area contributed by atoms with E-state index in [0.717, 1.165) is 46.7 Å². The number of hydrogen-bond donors (Lipinski definition) is 1. The first-order chi connectivity index (χ1) is 15.6. The molecule has 1 amide bonds. The van der Waals surface area contributed by atoms with Crippen molar-refractivity contribution in [3.63, 3.8) is 0 Å². The smallest absolute Gasteiger partial charge is 0.311 e. The Kier molecular flexibility index (Phi) is 4.46. The van der Waals surface area contributed by atoms with Gasteiger partial charge in [0.25, 0.3) is 5.91 Å². The van der Waals surface area contributed by atoms with Crippen LogP contribution in [0.2, 0.25) is 0 Å². The van der Waals surface area contributed by atoms with Crippen molar-refractivity contribution in [1.82, 2.24) is 4.90 Å². The second-order valence-electron chi connectivity index (χ2n) is 9.22. The van der Waals surface area contributed by atoms with E-state index in [2.05, 4.69) is 6.07 Å². The maximum atomic E-state index is 13.4. The van der Waals surface area contributed by atoms with Gasteiger partial charge >= 0.3 is 5.97 Å². The number of ether oxygens (including phenoxy) is 1. The lowest BCUT2D eigenvalue weighted by Gasteiger charge is -2.21. The molecule has 3 aromatic rings. The minimum absolute atomic E-state index is 0.0513. The van der Waals surface area contributed by atoms with Crippen LogP contribution in [0.4, 0.5) is 0 Å². The minimum atomic E-state index is -0.197. The molecular weight excluding hydrogens is 402 g/mol. The Labute approximate surface area is 186 Å². The molecule has 1 N–H and O–H groups in total. The van der Waals surface area contributed by atoms with Crippen LogP contribution in [0.5, 0.6) is 5.75 Å². The van der Waals surface area contributed by atoms with Crippen LogP contribution in [0.3, 0.4) is 0 Å². The molecular formula is C27H25NO4. The summed E-state index contributed by atoms with van der Waals surface area (Å²) in [6.07, 6.45) is 4.19. The Morgan fingerprint density at radius 3 is 2.62 bits per heavy atom. The number of cyclic esters (lactones) is 1. The third-order valence-electron chi connectivity index (χ3n) is 7.42. The van der Waals surface area contributed by atoms with Crippen LogP contribution in [0.15, 0.2) is 48.5 Å². The van der Waals surface area contributed by atoms with E-state index in [0.29, 0.717) is 31.0 Å². The lowest BCUT2D eigenvalue weighted by Crippen LogP contribution is -2.31. The average Bonchev–Trinajstić information content (AvgIpc) is 3.40. The molecule has 1 aliphatic carbocycles. The van der Waals surface area contributed by atoms with Gasteiger partial charge in [-0.05, 0) is 59.2 Å². The van der Waals surface area contributed by atoms with Crippen LogP contribution >= 0.6 is 0 Å².